The Bertz CT molecular complexity index is 891. The fourth-order valence-corrected chi connectivity index (χ4v) is 5.50. The molecule has 0 saturated heterocycles. The lowest BCUT2D eigenvalue weighted by molar-refractivity contribution is 0.0949. The van der Waals surface area contributed by atoms with Crippen LogP contribution in [0.3, 0.4) is 0 Å². The fraction of sp³-hybridized carbons (Fsp3) is 0.421. The summed E-state index contributed by atoms with van der Waals surface area (Å²) in [6.45, 7) is 3.64. The molecule has 0 unspecified atom stereocenters. The van der Waals surface area contributed by atoms with Crippen LogP contribution < -0.4 is 10.3 Å². The third kappa shape index (κ3) is 4.34. The van der Waals surface area contributed by atoms with Gasteiger partial charge in [-0.15, -0.1) is 16.2 Å². The maximum atomic E-state index is 12.5. The van der Waals surface area contributed by atoms with E-state index in [0.29, 0.717) is 10.4 Å². The van der Waals surface area contributed by atoms with E-state index < -0.39 is 15.9 Å². The van der Waals surface area contributed by atoms with E-state index in [1.165, 1.54) is 34.6 Å². The lowest BCUT2D eigenvalue weighted by Gasteiger charge is -2.10. The Hall–Kier alpha value is -1.70. The number of thiophene rings is 1. The predicted octanol–water partition coefficient (Wildman–Crippen LogP) is 3.65. The molecule has 1 aromatic heterocycles. The summed E-state index contributed by atoms with van der Waals surface area (Å²) in [6, 6.07) is 7.00. The van der Waals surface area contributed by atoms with Gasteiger partial charge in [-0.1, -0.05) is 30.5 Å². The number of hydrazine groups is 1. The number of carbonyl (C=O) groups is 1. The summed E-state index contributed by atoms with van der Waals surface area (Å²) in [5.74, 6) is -0.407. The van der Waals surface area contributed by atoms with Gasteiger partial charge in [0.05, 0.1) is 9.77 Å². The van der Waals surface area contributed by atoms with Gasteiger partial charge in [-0.05, 0) is 62.8 Å². The van der Waals surface area contributed by atoms with Crippen LogP contribution in [0.2, 0.25) is 0 Å². The number of aryl methyl sites for hydroxylation is 4. The standard InChI is InChI=1S/C19H24N2O3S2/c1-13-9-10-18(14(2)11-13)26(23,24)21-20-19(22)17-12-15-7-5-3-4-6-8-16(15)25-17/h9-12,21H,3-8H2,1-2H3,(H,20,22). The maximum Gasteiger partial charge on any atom is 0.276 e. The van der Waals surface area contributed by atoms with E-state index in [4.69, 9.17) is 0 Å². The van der Waals surface area contributed by atoms with Crippen LogP contribution in [0.15, 0.2) is 29.2 Å². The van der Waals surface area contributed by atoms with Crippen LogP contribution in [-0.4, -0.2) is 14.3 Å². The number of hydrogen-bond donors (Lipinski definition) is 2. The molecule has 140 valence electrons. The van der Waals surface area contributed by atoms with Crippen molar-refractivity contribution in [3.05, 3.63) is 50.7 Å². The van der Waals surface area contributed by atoms with Gasteiger partial charge in [-0.3, -0.25) is 10.2 Å². The molecule has 5 nitrogen and oxygen atoms in total. The van der Waals surface area contributed by atoms with Crippen molar-refractivity contribution in [3.8, 4) is 0 Å². The lowest BCUT2D eigenvalue weighted by Crippen LogP contribution is -2.41. The van der Waals surface area contributed by atoms with E-state index in [-0.39, 0.29) is 4.90 Å². The molecule has 2 aromatic rings. The molecule has 0 aliphatic heterocycles. The molecule has 0 radical (unpaired) electrons. The minimum atomic E-state index is -3.80. The summed E-state index contributed by atoms with van der Waals surface area (Å²) in [7, 11) is -3.80. The van der Waals surface area contributed by atoms with Crippen LogP contribution in [-0.2, 0) is 22.9 Å². The van der Waals surface area contributed by atoms with Crippen molar-refractivity contribution >= 4 is 27.3 Å². The molecule has 0 saturated carbocycles. The largest absolute Gasteiger partial charge is 0.276 e. The SMILES string of the molecule is Cc1ccc(S(=O)(=O)NNC(=O)c2cc3c(s2)CCCCCC3)c(C)c1. The normalized spacial score (nSPS) is 15.0. The molecule has 0 atom stereocenters. The molecule has 7 heteroatoms. The molecule has 1 aliphatic carbocycles. The van der Waals surface area contributed by atoms with E-state index in [1.54, 1.807) is 25.1 Å². The summed E-state index contributed by atoms with van der Waals surface area (Å²) in [4.78, 5) is 16.6. The van der Waals surface area contributed by atoms with Crippen molar-refractivity contribution in [1.82, 2.24) is 10.3 Å². The number of hydrogen-bond acceptors (Lipinski definition) is 4. The third-order valence-electron chi connectivity index (χ3n) is 4.64. The zero-order valence-electron chi connectivity index (χ0n) is 15.1. The second kappa shape index (κ2) is 7.90. The van der Waals surface area contributed by atoms with Crippen LogP contribution in [0.25, 0.3) is 0 Å². The summed E-state index contributed by atoms with van der Waals surface area (Å²) < 4.78 is 24.9. The first-order chi connectivity index (χ1) is 12.4. The van der Waals surface area contributed by atoms with Gasteiger partial charge >= 0.3 is 0 Å². The molecule has 0 spiro atoms. The highest BCUT2D eigenvalue weighted by atomic mass is 32.2. The summed E-state index contributed by atoms with van der Waals surface area (Å²) in [5, 5.41) is 0. The smallest absolute Gasteiger partial charge is 0.273 e. The van der Waals surface area contributed by atoms with Crippen LogP contribution in [0.5, 0.6) is 0 Å². The molecular formula is C19H24N2O3S2. The van der Waals surface area contributed by atoms with Crippen LogP contribution in [0, 0.1) is 13.8 Å². The van der Waals surface area contributed by atoms with Gasteiger partial charge in [0, 0.05) is 4.88 Å². The van der Waals surface area contributed by atoms with Crippen molar-refractivity contribution in [2.24, 2.45) is 0 Å². The van der Waals surface area contributed by atoms with Gasteiger partial charge < -0.3 is 0 Å². The zero-order chi connectivity index (χ0) is 18.7. The topological polar surface area (TPSA) is 75.3 Å². The van der Waals surface area contributed by atoms with Crippen molar-refractivity contribution in [1.29, 1.82) is 0 Å². The Kier molecular flexibility index (Phi) is 5.79. The molecule has 1 aromatic carbocycles. The molecule has 26 heavy (non-hydrogen) atoms. The van der Waals surface area contributed by atoms with Crippen LogP contribution in [0.4, 0.5) is 0 Å². The van der Waals surface area contributed by atoms with Gasteiger partial charge in [0.1, 0.15) is 0 Å². The second-order valence-corrected chi connectivity index (χ2v) is 9.59. The number of rotatable bonds is 4. The molecule has 1 amide bonds. The number of benzene rings is 1. The highest BCUT2D eigenvalue weighted by molar-refractivity contribution is 7.89. The average molecular weight is 393 g/mol. The minimum absolute atomic E-state index is 0.168. The number of sulfonamides is 1. The first-order valence-electron chi connectivity index (χ1n) is 8.88. The summed E-state index contributed by atoms with van der Waals surface area (Å²) >= 11 is 1.47. The van der Waals surface area contributed by atoms with Crippen molar-refractivity contribution in [3.63, 3.8) is 0 Å². The number of amides is 1. The van der Waals surface area contributed by atoms with Crippen LogP contribution in [0.1, 0.15) is 56.9 Å². The molecule has 3 rings (SSSR count). The Morgan fingerprint density at radius 3 is 2.50 bits per heavy atom. The maximum absolute atomic E-state index is 12.5. The van der Waals surface area contributed by atoms with E-state index in [2.05, 4.69) is 10.3 Å². The quantitative estimate of drug-likeness (QED) is 0.780. The molecule has 2 N–H and O–H groups in total. The summed E-state index contributed by atoms with van der Waals surface area (Å²) in [5.41, 5.74) is 5.22. The molecule has 1 aliphatic rings. The Balaban J connectivity index is 1.71. The predicted molar refractivity (Wildman–Crippen MR) is 104 cm³/mol. The second-order valence-electron chi connectivity index (χ2n) is 6.80. The van der Waals surface area contributed by atoms with E-state index in [1.807, 2.05) is 13.0 Å². The van der Waals surface area contributed by atoms with Gasteiger partial charge in [0.25, 0.3) is 15.9 Å². The Morgan fingerprint density at radius 1 is 1.04 bits per heavy atom. The van der Waals surface area contributed by atoms with Crippen molar-refractivity contribution in [2.75, 3.05) is 0 Å². The summed E-state index contributed by atoms with van der Waals surface area (Å²) in [6.07, 6.45) is 6.74. The van der Waals surface area contributed by atoms with Gasteiger partial charge in [-0.25, -0.2) is 8.42 Å². The third-order valence-corrected chi connectivity index (χ3v) is 7.28. The van der Waals surface area contributed by atoms with E-state index >= 15 is 0 Å². The number of carbonyl (C=O) groups excluding carboxylic acids is 1. The first-order valence-corrected chi connectivity index (χ1v) is 11.2. The van der Waals surface area contributed by atoms with E-state index in [9.17, 15) is 13.2 Å². The first kappa shape index (κ1) is 19.1. The van der Waals surface area contributed by atoms with Crippen LogP contribution >= 0.6 is 11.3 Å². The fourth-order valence-electron chi connectivity index (χ4n) is 3.29. The van der Waals surface area contributed by atoms with Crippen molar-refractivity contribution < 1.29 is 13.2 Å². The number of fused-ring (bicyclic) bond motifs is 1. The number of nitrogens with one attached hydrogen (secondary N) is 2. The monoisotopic (exact) mass is 392 g/mol. The molecule has 0 bridgehead atoms. The zero-order valence-corrected chi connectivity index (χ0v) is 16.7. The van der Waals surface area contributed by atoms with Gasteiger partial charge in [-0.2, -0.15) is 0 Å². The molecule has 0 fully saturated rings. The Morgan fingerprint density at radius 2 is 1.77 bits per heavy atom. The molecule has 1 heterocycles. The average Bonchev–Trinajstić information content (AvgIpc) is 2.94. The minimum Gasteiger partial charge on any atom is -0.273 e. The van der Waals surface area contributed by atoms with Gasteiger partial charge in [0.15, 0.2) is 0 Å². The van der Waals surface area contributed by atoms with Crippen molar-refractivity contribution in [2.45, 2.75) is 57.3 Å². The van der Waals surface area contributed by atoms with Gasteiger partial charge in [0.2, 0.25) is 0 Å². The lowest BCUT2D eigenvalue weighted by atomic mass is 10.00. The molecular weight excluding hydrogens is 368 g/mol. The van der Waals surface area contributed by atoms with E-state index in [0.717, 1.165) is 31.2 Å². The highest BCUT2D eigenvalue weighted by Crippen LogP contribution is 2.28. The highest BCUT2D eigenvalue weighted by Gasteiger charge is 2.20. The Labute approximate surface area is 158 Å².